The number of benzene rings is 2. The predicted molar refractivity (Wildman–Crippen MR) is 79.1 cm³/mol. The van der Waals surface area contributed by atoms with Gasteiger partial charge in [-0.05, 0) is 17.7 Å². The van der Waals surface area contributed by atoms with Gasteiger partial charge in [0, 0.05) is 30.2 Å². The molecule has 2 rings (SSSR count). The molecule has 0 atom stereocenters. The second kappa shape index (κ2) is 7.39. The SMILES string of the molecule is OCCN(Cc1ccccc1)Cc1c(F)cccc1Cl. The van der Waals surface area contributed by atoms with Gasteiger partial charge in [0.05, 0.1) is 6.61 Å². The minimum Gasteiger partial charge on any atom is -0.395 e. The van der Waals surface area contributed by atoms with Gasteiger partial charge in [-0.15, -0.1) is 0 Å². The van der Waals surface area contributed by atoms with Gasteiger partial charge in [0.1, 0.15) is 5.82 Å². The highest BCUT2D eigenvalue weighted by Crippen LogP contribution is 2.21. The molecule has 0 aromatic heterocycles. The van der Waals surface area contributed by atoms with Crippen LogP contribution < -0.4 is 0 Å². The molecule has 106 valence electrons. The molecule has 0 aliphatic heterocycles. The van der Waals surface area contributed by atoms with Crippen LogP contribution in [0.15, 0.2) is 48.5 Å². The summed E-state index contributed by atoms with van der Waals surface area (Å²) >= 11 is 6.05. The van der Waals surface area contributed by atoms with E-state index in [9.17, 15) is 4.39 Å². The Labute approximate surface area is 123 Å². The standard InChI is InChI=1S/C16H17ClFNO/c17-15-7-4-8-16(18)14(15)12-19(9-10-20)11-13-5-2-1-3-6-13/h1-8,20H,9-12H2. The van der Waals surface area contributed by atoms with Gasteiger partial charge in [0.25, 0.3) is 0 Å². The van der Waals surface area contributed by atoms with Gasteiger partial charge in [-0.1, -0.05) is 48.0 Å². The molecule has 4 heteroatoms. The Hall–Kier alpha value is -1.42. The Balaban J connectivity index is 2.13. The minimum atomic E-state index is -0.312. The van der Waals surface area contributed by atoms with Crippen LogP contribution in [0.25, 0.3) is 0 Å². The van der Waals surface area contributed by atoms with Crippen molar-refractivity contribution in [1.82, 2.24) is 4.90 Å². The smallest absolute Gasteiger partial charge is 0.129 e. The molecular formula is C16H17ClFNO. The van der Waals surface area contributed by atoms with Crippen LogP contribution in [0.5, 0.6) is 0 Å². The van der Waals surface area contributed by atoms with Crippen LogP contribution in [-0.4, -0.2) is 23.2 Å². The first-order chi connectivity index (χ1) is 9.70. The summed E-state index contributed by atoms with van der Waals surface area (Å²) in [6.07, 6.45) is 0. The molecule has 0 unspecified atom stereocenters. The lowest BCUT2D eigenvalue weighted by atomic mass is 10.1. The van der Waals surface area contributed by atoms with Crippen molar-refractivity contribution < 1.29 is 9.50 Å². The first-order valence-electron chi connectivity index (χ1n) is 6.50. The number of hydrogen-bond acceptors (Lipinski definition) is 2. The van der Waals surface area contributed by atoms with Crippen LogP contribution in [0.4, 0.5) is 4.39 Å². The number of aliphatic hydroxyl groups excluding tert-OH is 1. The van der Waals surface area contributed by atoms with Crippen LogP contribution in [0, 0.1) is 5.82 Å². The van der Waals surface area contributed by atoms with Crippen molar-refractivity contribution in [2.75, 3.05) is 13.2 Å². The van der Waals surface area contributed by atoms with Crippen LogP contribution in [-0.2, 0) is 13.1 Å². The first-order valence-corrected chi connectivity index (χ1v) is 6.88. The van der Waals surface area contributed by atoms with Gasteiger partial charge in [-0.25, -0.2) is 4.39 Å². The Bertz CT molecular complexity index is 527. The number of nitrogens with zero attached hydrogens (tertiary/aromatic N) is 1. The number of halogens is 2. The Morgan fingerprint density at radius 2 is 1.75 bits per heavy atom. The molecule has 0 spiro atoms. The van der Waals surface area contributed by atoms with Crippen LogP contribution >= 0.6 is 11.6 Å². The Kier molecular flexibility index (Phi) is 5.53. The van der Waals surface area contributed by atoms with Crippen LogP contribution in [0.3, 0.4) is 0 Å². The molecule has 1 N–H and O–H groups in total. The third-order valence-electron chi connectivity index (χ3n) is 3.11. The van der Waals surface area contributed by atoms with Gasteiger partial charge in [0.15, 0.2) is 0 Å². The van der Waals surface area contributed by atoms with E-state index in [1.54, 1.807) is 12.1 Å². The fourth-order valence-electron chi connectivity index (χ4n) is 2.10. The molecule has 0 heterocycles. The zero-order valence-electron chi connectivity index (χ0n) is 11.1. The lowest BCUT2D eigenvalue weighted by Gasteiger charge is -2.22. The lowest BCUT2D eigenvalue weighted by molar-refractivity contribution is 0.183. The maximum atomic E-state index is 13.8. The van der Waals surface area contributed by atoms with Gasteiger partial charge < -0.3 is 5.11 Å². The molecule has 0 aliphatic carbocycles. The molecule has 20 heavy (non-hydrogen) atoms. The summed E-state index contributed by atoms with van der Waals surface area (Å²) in [4.78, 5) is 1.97. The third kappa shape index (κ3) is 4.04. The molecule has 0 radical (unpaired) electrons. The molecule has 0 saturated carbocycles. The van der Waals surface area contributed by atoms with Crippen molar-refractivity contribution in [1.29, 1.82) is 0 Å². The molecule has 2 aromatic carbocycles. The highest BCUT2D eigenvalue weighted by Gasteiger charge is 2.12. The van der Waals surface area contributed by atoms with E-state index in [0.29, 0.717) is 30.2 Å². The average molecular weight is 294 g/mol. The second-order valence-electron chi connectivity index (χ2n) is 4.62. The van der Waals surface area contributed by atoms with E-state index in [1.165, 1.54) is 6.07 Å². The van der Waals surface area contributed by atoms with Crippen molar-refractivity contribution >= 4 is 11.6 Å². The van der Waals surface area contributed by atoms with Crippen molar-refractivity contribution in [3.63, 3.8) is 0 Å². The quantitative estimate of drug-likeness (QED) is 0.881. The summed E-state index contributed by atoms with van der Waals surface area (Å²) in [6, 6.07) is 14.6. The number of hydrogen-bond donors (Lipinski definition) is 1. The van der Waals surface area contributed by atoms with Crippen molar-refractivity contribution in [3.05, 3.63) is 70.5 Å². The summed E-state index contributed by atoms with van der Waals surface area (Å²) in [5, 5.41) is 9.58. The monoisotopic (exact) mass is 293 g/mol. The molecule has 0 aliphatic rings. The van der Waals surface area contributed by atoms with Crippen molar-refractivity contribution in [3.8, 4) is 0 Å². The van der Waals surface area contributed by atoms with Crippen LogP contribution in [0.2, 0.25) is 5.02 Å². The van der Waals surface area contributed by atoms with E-state index in [4.69, 9.17) is 16.7 Å². The summed E-state index contributed by atoms with van der Waals surface area (Å²) in [5.74, 6) is -0.312. The van der Waals surface area contributed by atoms with E-state index in [-0.39, 0.29) is 12.4 Å². The average Bonchev–Trinajstić information content (AvgIpc) is 2.44. The lowest BCUT2D eigenvalue weighted by Crippen LogP contribution is -2.26. The molecular weight excluding hydrogens is 277 g/mol. The number of aliphatic hydroxyl groups is 1. The minimum absolute atomic E-state index is 0.0267. The zero-order valence-corrected chi connectivity index (χ0v) is 11.9. The largest absolute Gasteiger partial charge is 0.395 e. The maximum Gasteiger partial charge on any atom is 0.129 e. The fraction of sp³-hybridized carbons (Fsp3) is 0.250. The summed E-state index contributed by atoms with van der Waals surface area (Å²) < 4.78 is 13.8. The van der Waals surface area contributed by atoms with Crippen LogP contribution in [0.1, 0.15) is 11.1 Å². The van der Waals surface area contributed by atoms with E-state index in [2.05, 4.69) is 0 Å². The van der Waals surface area contributed by atoms with Gasteiger partial charge >= 0.3 is 0 Å². The molecule has 0 amide bonds. The highest BCUT2D eigenvalue weighted by atomic mass is 35.5. The topological polar surface area (TPSA) is 23.5 Å². The molecule has 0 bridgehead atoms. The Morgan fingerprint density at radius 1 is 1.00 bits per heavy atom. The summed E-state index contributed by atoms with van der Waals surface area (Å²) in [6.45, 7) is 1.52. The fourth-order valence-corrected chi connectivity index (χ4v) is 2.33. The molecule has 0 fully saturated rings. The van der Waals surface area contributed by atoms with E-state index >= 15 is 0 Å². The Morgan fingerprint density at radius 3 is 2.40 bits per heavy atom. The predicted octanol–water partition coefficient (Wildman–Crippen LogP) is 3.47. The molecule has 2 aromatic rings. The number of rotatable bonds is 6. The van der Waals surface area contributed by atoms with E-state index in [1.807, 2.05) is 35.2 Å². The van der Waals surface area contributed by atoms with Crippen molar-refractivity contribution in [2.45, 2.75) is 13.1 Å². The van der Waals surface area contributed by atoms with Gasteiger partial charge in [-0.3, -0.25) is 4.90 Å². The van der Waals surface area contributed by atoms with Gasteiger partial charge in [0.2, 0.25) is 0 Å². The molecule has 0 saturated heterocycles. The highest BCUT2D eigenvalue weighted by molar-refractivity contribution is 6.31. The normalized spacial score (nSPS) is 11.0. The second-order valence-corrected chi connectivity index (χ2v) is 5.03. The van der Waals surface area contributed by atoms with E-state index in [0.717, 1.165) is 5.56 Å². The third-order valence-corrected chi connectivity index (χ3v) is 3.46. The summed E-state index contributed by atoms with van der Waals surface area (Å²) in [7, 11) is 0. The van der Waals surface area contributed by atoms with Crippen molar-refractivity contribution in [2.24, 2.45) is 0 Å². The zero-order chi connectivity index (χ0) is 14.4. The van der Waals surface area contributed by atoms with E-state index < -0.39 is 0 Å². The molecule has 2 nitrogen and oxygen atoms in total. The first kappa shape index (κ1) is 15.0. The van der Waals surface area contributed by atoms with Gasteiger partial charge in [-0.2, -0.15) is 0 Å². The maximum absolute atomic E-state index is 13.8. The summed E-state index contributed by atoms with van der Waals surface area (Å²) in [5.41, 5.74) is 1.59.